The molecule has 0 spiro atoms. The first kappa shape index (κ1) is 30.5. The van der Waals surface area contributed by atoms with Gasteiger partial charge in [-0.25, -0.2) is 9.59 Å². The molecule has 4 aromatic carbocycles. The third-order valence-electron chi connectivity index (χ3n) is 7.91. The molecule has 8 nitrogen and oxygen atoms in total. The first-order valence-corrected chi connectivity index (χ1v) is 15.2. The Morgan fingerprint density at radius 2 is 1.41 bits per heavy atom. The van der Waals surface area contributed by atoms with Gasteiger partial charge in [0.2, 0.25) is 0 Å². The Morgan fingerprint density at radius 1 is 0.804 bits per heavy atom. The van der Waals surface area contributed by atoms with Crippen LogP contribution in [-0.4, -0.2) is 38.2 Å². The number of aromatic nitrogens is 2. The highest BCUT2D eigenvalue weighted by Crippen LogP contribution is 2.39. The van der Waals surface area contributed by atoms with Crippen LogP contribution in [0.25, 0.3) is 12.2 Å². The number of ether oxygens (including phenoxy) is 1. The van der Waals surface area contributed by atoms with E-state index in [-0.39, 0.29) is 31.3 Å². The number of rotatable bonds is 9. The van der Waals surface area contributed by atoms with E-state index in [1.807, 2.05) is 85.1 Å². The zero-order chi connectivity index (χ0) is 32.0. The third kappa shape index (κ3) is 6.90. The first-order valence-electron chi connectivity index (χ1n) is 14.8. The van der Waals surface area contributed by atoms with E-state index in [1.165, 1.54) is 0 Å². The lowest BCUT2D eigenvalue weighted by Crippen LogP contribution is -2.35. The minimum Gasteiger partial charge on any atom is -0.480 e. The number of nitrogens with zero attached hydrogens (tertiary/aromatic N) is 2. The molecular weight excluding hydrogens is 598 g/mol. The number of amides is 1. The van der Waals surface area contributed by atoms with Gasteiger partial charge in [-0.05, 0) is 38.9 Å². The minimum atomic E-state index is -1.15. The number of aromatic amines is 1. The van der Waals surface area contributed by atoms with E-state index in [0.29, 0.717) is 10.2 Å². The number of carboxylic acid groups (broad SMARTS) is 1. The van der Waals surface area contributed by atoms with Gasteiger partial charge < -0.3 is 9.84 Å². The number of carboxylic acids is 1. The van der Waals surface area contributed by atoms with Crippen LogP contribution in [0, 0.1) is 4.64 Å². The zero-order valence-corrected chi connectivity index (χ0v) is 25.7. The molecule has 2 N–H and O–H groups in total. The summed E-state index contributed by atoms with van der Waals surface area (Å²) in [5.41, 5.74) is 7.10. The van der Waals surface area contributed by atoms with Crippen molar-refractivity contribution in [3.05, 3.63) is 169 Å². The van der Waals surface area contributed by atoms with Crippen molar-refractivity contribution in [2.24, 2.45) is 0 Å². The topological polar surface area (TPSA) is 105 Å². The molecule has 0 aliphatic heterocycles. The predicted octanol–water partition coefficient (Wildman–Crippen LogP) is 6.84. The van der Waals surface area contributed by atoms with Gasteiger partial charge in [0, 0.05) is 24.2 Å². The normalized spacial score (nSPS) is 12.1. The Bertz CT molecular complexity index is 2000. The van der Waals surface area contributed by atoms with Crippen LogP contribution in [0.4, 0.5) is 4.79 Å². The number of H-pyrrole nitrogens is 1. The smallest absolute Gasteiger partial charge is 0.410 e. The van der Waals surface area contributed by atoms with E-state index in [0.717, 1.165) is 43.8 Å². The Kier molecular flexibility index (Phi) is 9.03. The molecule has 0 saturated carbocycles. The fraction of sp³-hybridized carbons (Fsp3) is 0.135. The van der Waals surface area contributed by atoms with E-state index in [2.05, 4.69) is 41.4 Å². The molecule has 0 fully saturated rings. The molecular formula is C37H31N3O5S. The number of nitrogens with one attached hydrogen (secondary N) is 1. The molecule has 0 bridgehead atoms. The molecule has 1 amide bonds. The van der Waals surface area contributed by atoms with E-state index in [4.69, 9.17) is 17.0 Å². The quantitative estimate of drug-likeness (QED) is 0.170. The molecule has 46 heavy (non-hydrogen) atoms. The number of benzene rings is 4. The molecule has 1 aromatic heterocycles. The lowest BCUT2D eigenvalue weighted by molar-refractivity contribution is -0.138. The summed E-state index contributed by atoms with van der Waals surface area (Å²) in [4.78, 5) is 41.7. The summed E-state index contributed by atoms with van der Waals surface area (Å²) in [6.45, 7) is -0.233. The number of carbonyl (C=O) groups excluding carboxylic acids is 1. The molecule has 0 radical (unpaired) electrons. The van der Waals surface area contributed by atoms with Crippen LogP contribution in [0.2, 0.25) is 0 Å². The molecule has 230 valence electrons. The Balaban J connectivity index is 1.28. The van der Waals surface area contributed by atoms with Crippen molar-refractivity contribution in [2.45, 2.75) is 25.6 Å². The molecule has 0 unspecified atom stereocenters. The standard InChI is InChI=1S/C37H31N3O5S/c41-33(42)23-40(37(44)45-24-25-9-2-1-3-10-25)21-27-12-8-11-26(19-27)20-39-22-32(35(46)38-36(39)43)34-30-15-6-4-13-28(30)17-18-29-14-5-7-16-31(29)34/h1-19,22,34H,20-21,23-24H2,(H,41,42)(H,38,43,46). The number of hydrogen-bond donors (Lipinski definition) is 2. The van der Waals surface area contributed by atoms with Crippen LogP contribution in [0.3, 0.4) is 0 Å². The van der Waals surface area contributed by atoms with E-state index in [9.17, 15) is 19.5 Å². The summed E-state index contributed by atoms with van der Waals surface area (Å²) in [6.07, 6.45) is 5.31. The van der Waals surface area contributed by atoms with Crippen molar-refractivity contribution in [2.75, 3.05) is 6.54 Å². The van der Waals surface area contributed by atoms with Crippen molar-refractivity contribution >= 4 is 36.4 Å². The maximum Gasteiger partial charge on any atom is 0.410 e. The molecule has 1 aliphatic rings. The van der Waals surface area contributed by atoms with Gasteiger partial charge >= 0.3 is 17.8 Å². The number of carbonyl (C=O) groups is 2. The minimum absolute atomic E-state index is 0.0216. The Labute approximate surface area is 270 Å². The molecule has 1 aliphatic carbocycles. The second-order valence-electron chi connectivity index (χ2n) is 11.1. The summed E-state index contributed by atoms with van der Waals surface area (Å²) in [5, 5.41) is 9.47. The average molecular weight is 630 g/mol. The molecule has 0 saturated heterocycles. The van der Waals surface area contributed by atoms with Gasteiger partial charge in [-0.3, -0.25) is 19.2 Å². The monoisotopic (exact) mass is 629 g/mol. The van der Waals surface area contributed by atoms with Gasteiger partial charge in [0.15, 0.2) is 0 Å². The van der Waals surface area contributed by atoms with Crippen molar-refractivity contribution < 1.29 is 19.4 Å². The fourth-order valence-electron chi connectivity index (χ4n) is 5.78. The third-order valence-corrected chi connectivity index (χ3v) is 8.25. The lowest BCUT2D eigenvalue weighted by Gasteiger charge is -2.22. The maximum absolute atomic E-state index is 13.2. The van der Waals surface area contributed by atoms with Gasteiger partial charge in [-0.1, -0.05) is 127 Å². The number of fused-ring (bicyclic) bond motifs is 2. The lowest BCUT2D eigenvalue weighted by atomic mass is 9.83. The van der Waals surface area contributed by atoms with Gasteiger partial charge in [0.25, 0.3) is 0 Å². The second kappa shape index (κ2) is 13.6. The van der Waals surface area contributed by atoms with Crippen LogP contribution in [-0.2, 0) is 29.2 Å². The summed E-state index contributed by atoms with van der Waals surface area (Å²) >= 11 is 5.74. The summed E-state index contributed by atoms with van der Waals surface area (Å²) in [7, 11) is 0. The van der Waals surface area contributed by atoms with Crippen LogP contribution >= 0.6 is 12.2 Å². The highest BCUT2D eigenvalue weighted by molar-refractivity contribution is 7.71. The van der Waals surface area contributed by atoms with Crippen LogP contribution in [0.15, 0.2) is 114 Å². The highest BCUT2D eigenvalue weighted by Gasteiger charge is 2.25. The zero-order valence-electron chi connectivity index (χ0n) is 24.8. The van der Waals surface area contributed by atoms with Crippen molar-refractivity contribution in [1.29, 1.82) is 0 Å². The van der Waals surface area contributed by atoms with Gasteiger partial charge in [-0.2, -0.15) is 0 Å². The molecule has 9 heteroatoms. The van der Waals surface area contributed by atoms with E-state index >= 15 is 0 Å². The van der Waals surface area contributed by atoms with Gasteiger partial charge in [0.1, 0.15) is 17.8 Å². The summed E-state index contributed by atoms with van der Waals surface area (Å²) in [6, 6.07) is 32.9. The molecule has 5 aromatic rings. The van der Waals surface area contributed by atoms with Crippen LogP contribution in [0.1, 0.15) is 50.4 Å². The van der Waals surface area contributed by atoms with Crippen molar-refractivity contribution in [3.8, 4) is 0 Å². The average Bonchev–Trinajstić information content (AvgIpc) is 3.22. The summed E-state index contributed by atoms with van der Waals surface area (Å²) in [5.74, 6) is -1.35. The SMILES string of the molecule is O=C(O)CN(Cc1cccc(Cn2cc(C3c4ccccc4C=Cc4ccccc43)c(=S)[nH]c2=O)c1)C(=O)OCc1ccccc1. The van der Waals surface area contributed by atoms with Crippen LogP contribution < -0.4 is 5.69 Å². The fourth-order valence-corrected chi connectivity index (χ4v) is 6.04. The van der Waals surface area contributed by atoms with E-state index in [1.54, 1.807) is 4.57 Å². The number of hydrogen-bond acceptors (Lipinski definition) is 5. The first-order chi connectivity index (χ1) is 22.4. The Morgan fingerprint density at radius 3 is 2.09 bits per heavy atom. The molecule has 0 atom stereocenters. The van der Waals surface area contributed by atoms with Crippen molar-refractivity contribution in [1.82, 2.24) is 14.5 Å². The molecule has 1 heterocycles. The highest BCUT2D eigenvalue weighted by atomic mass is 32.1. The maximum atomic E-state index is 13.2. The predicted molar refractivity (Wildman–Crippen MR) is 179 cm³/mol. The van der Waals surface area contributed by atoms with E-state index < -0.39 is 18.6 Å². The number of aliphatic carboxylic acids is 1. The van der Waals surface area contributed by atoms with Gasteiger partial charge in [0.05, 0.1) is 6.54 Å². The largest absolute Gasteiger partial charge is 0.480 e. The molecule has 6 rings (SSSR count). The second-order valence-corrected chi connectivity index (χ2v) is 11.5. The van der Waals surface area contributed by atoms with Crippen LogP contribution in [0.5, 0.6) is 0 Å². The van der Waals surface area contributed by atoms with Gasteiger partial charge in [-0.15, -0.1) is 0 Å². The summed E-state index contributed by atoms with van der Waals surface area (Å²) < 4.78 is 7.38. The Hall–Kier alpha value is -5.54. The van der Waals surface area contributed by atoms with Crippen molar-refractivity contribution in [3.63, 3.8) is 0 Å².